The molecule has 27 heavy (non-hydrogen) atoms. The van der Waals surface area contributed by atoms with Crippen LogP contribution in [0.5, 0.6) is 0 Å². The monoisotopic (exact) mass is 369 g/mol. The number of halogens is 1. The van der Waals surface area contributed by atoms with Gasteiger partial charge in [0.25, 0.3) is 0 Å². The number of pyridine rings is 1. The van der Waals surface area contributed by atoms with Gasteiger partial charge >= 0.3 is 0 Å². The minimum absolute atomic E-state index is 0.100. The van der Waals surface area contributed by atoms with Crippen LogP contribution >= 0.6 is 0 Å². The maximum Gasteiger partial charge on any atom is 0.227 e. The fourth-order valence-corrected chi connectivity index (χ4v) is 3.43. The first-order valence-electron chi connectivity index (χ1n) is 9.33. The van der Waals surface area contributed by atoms with Crippen molar-refractivity contribution in [2.24, 2.45) is 5.92 Å². The van der Waals surface area contributed by atoms with Crippen LogP contribution < -0.4 is 5.32 Å². The highest BCUT2D eigenvalue weighted by atomic mass is 19.1. The number of aromatic nitrogens is 1. The summed E-state index contributed by atoms with van der Waals surface area (Å²) in [5.74, 6) is -0.235. The van der Waals surface area contributed by atoms with E-state index in [1.54, 1.807) is 30.6 Å². The second-order valence-corrected chi connectivity index (χ2v) is 6.95. The molecular formula is C21H24FN3O2. The number of likely N-dealkylation sites (tertiary alicyclic amines) is 1. The highest BCUT2D eigenvalue weighted by Gasteiger charge is 2.24. The summed E-state index contributed by atoms with van der Waals surface area (Å²) in [6, 6.07) is 9.88. The van der Waals surface area contributed by atoms with E-state index in [-0.39, 0.29) is 17.5 Å². The molecule has 1 aromatic heterocycles. The zero-order chi connectivity index (χ0) is 19.1. The predicted octanol–water partition coefficient (Wildman–Crippen LogP) is 3.42. The lowest BCUT2D eigenvalue weighted by molar-refractivity contribution is -0.132. The molecule has 1 saturated heterocycles. The molecule has 1 aliphatic heterocycles. The van der Waals surface area contributed by atoms with Crippen LogP contribution in [-0.4, -0.2) is 34.8 Å². The summed E-state index contributed by atoms with van der Waals surface area (Å²) in [4.78, 5) is 30.5. The standard InChI is InChI=1S/C21H24FN3O2/c22-18-7-1-2-8-19(18)24-20(26)10-9-16-6-4-12-25(15-16)21(27)13-17-5-3-11-23-14-17/h1-3,5,7-8,11,14,16H,4,6,9-10,12-13,15H2,(H,24,26)/t16-/m1/s1. The maximum absolute atomic E-state index is 13.6. The molecule has 0 radical (unpaired) electrons. The van der Waals surface area contributed by atoms with Crippen molar-refractivity contribution in [1.82, 2.24) is 9.88 Å². The molecule has 2 amide bonds. The normalized spacial score (nSPS) is 16.8. The van der Waals surface area contributed by atoms with E-state index < -0.39 is 5.82 Å². The first kappa shape index (κ1) is 19.0. The van der Waals surface area contributed by atoms with Gasteiger partial charge in [-0.3, -0.25) is 14.6 Å². The molecule has 2 heterocycles. The Labute approximate surface area is 158 Å². The van der Waals surface area contributed by atoms with Crippen LogP contribution in [0.1, 0.15) is 31.2 Å². The average Bonchev–Trinajstić information content (AvgIpc) is 2.69. The van der Waals surface area contributed by atoms with Crippen LogP contribution in [0.25, 0.3) is 0 Å². The smallest absolute Gasteiger partial charge is 0.227 e. The van der Waals surface area contributed by atoms with E-state index in [1.807, 2.05) is 17.0 Å². The molecule has 142 valence electrons. The number of carbonyl (C=O) groups is 2. The van der Waals surface area contributed by atoms with E-state index in [0.29, 0.717) is 31.7 Å². The van der Waals surface area contributed by atoms with Gasteiger partial charge < -0.3 is 10.2 Å². The van der Waals surface area contributed by atoms with Crippen LogP contribution in [0.4, 0.5) is 10.1 Å². The van der Waals surface area contributed by atoms with Gasteiger partial charge in [0.05, 0.1) is 12.1 Å². The third kappa shape index (κ3) is 5.61. The van der Waals surface area contributed by atoms with Crippen LogP contribution in [0, 0.1) is 11.7 Å². The Morgan fingerprint density at radius 1 is 1.22 bits per heavy atom. The third-order valence-electron chi connectivity index (χ3n) is 4.88. The molecule has 1 fully saturated rings. The first-order valence-corrected chi connectivity index (χ1v) is 9.33. The number of benzene rings is 1. The molecule has 5 nitrogen and oxygen atoms in total. The summed E-state index contributed by atoms with van der Waals surface area (Å²) in [6.07, 6.45) is 6.72. The fraction of sp³-hybridized carbons (Fsp3) is 0.381. The van der Waals surface area contributed by atoms with E-state index in [4.69, 9.17) is 0 Å². The zero-order valence-electron chi connectivity index (χ0n) is 15.2. The minimum Gasteiger partial charge on any atom is -0.342 e. The van der Waals surface area contributed by atoms with Crippen LogP contribution in [0.15, 0.2) is 48.8 Å². The highest BCUT2D eigenvalue weighted by molar-refractivity contribution is 5.90. The molecule has 1 aromatic carbocycles. The number of nitrogens with zero attached hydrogens (tertiary/aromatic N) is 2. The lowest BCUT2D eigenvalue weighted by Crippen LogP contribution is -2.40. The van der Waals surface area contributed by atoms with Crippen molar-refractivity contribution in [2.75, 3.05) is 18.4 Å². The lowest BCUT2D eigenvalue weighted by atomic mass is 9.93. The van der Waals surface area contributed by atoms with Crippen molar-refractivity contribution in [3.63, 3.8) is 0 Å². The second-order valence-electron chi connectivity index (χ2n) is 6.95. The molecule has 0 spiro atoms. The Hall–Kier alpha value is -2.76. The average molecular weight is 369 g/mol. The van der Waals surface area contributed by atoms with Gasteiger partial charge in [-0.15, -0.1) is 0 Å². The molecule has 0 saturated carbocycles. The number of amides is 2. The molecule has 3 rings (SSSR count). The van der Waals surface area contributed by atoms with Crippen molar-refractivity contribution in [1.29, 1.82) is 0 Å². The Balaban J connectivity index is 1.46. The molecular weight excluding hydrogens is 345 g/mol. The van der Waals surface area contributed by atoms with Gasteiger partial charge in [0.1, 0.15) is 5.82 Å². The van der Waals surface area contributed by atoms with Crippen molar-refractivity contribution in [2.45, 2.75) is 32.1 Å². The SMILES string of the molecule is O=C(CC[C@H]1CCCN(C(=O)Cc2cccnc2)C1)Nc1ccccc1F. The Morgan fingerprint density at radius 3 is 2.85 bits per heavy atom. The number of hydrogen-bond acceptors (Lipinski definition) is 3. The maximum atomic E-state index is 13.6. The second kappa shape index (κ2) is 9.26. The van der Waals surface area contributed by atoms with E-state index in [1.165, 1.54) is 6.07 Å². The van der Waals surface area contributed by atoms with E-state index in [9.17, 15) is 14.0 Å². The Bertz CT molecular complexity index is 782. The number of anilines is 1. The van der Waals surface area contributed by atoms with Gasteiger partial charge in [-0.25, -0.2) is 4.39 Å². The van der Waals surface area contributed by atoms with Gasteiger partial charge in [0, 0.05) is 31.9 Å². The summed E-state index contributed by atoms with van der Waals surface area (Å²) in [5.41, 5.74) is 1.12. The topological polar surface area (TPSA) is 62.3 Å². The van der Waals surface area contributed by atoms with Gasteiger partial charge in [-0.2, -0.15) is 0 Å². The summed E-state index contributed by atoms with van der Waals surface area (Å²) >= 11 is 0. The van der Waals surface area contributed by atoms with Crippen LogP contribution in [0.3, 0.4) is 0 Å². The number of carbonyl (C=O) groups excluding carboxylic acids is 2. The van der Waals surface area contributed by atoms with Gasteiger partial charge in [-0.05, 0) is 48.9 Å². The van der Waals surface area contributed by atoms with Crippen molar-refractivity contribution in [3.8, 4) is 0 Å². The van der Waals surface area contributed by atoms with Gasteiger partial charge in [0.2, 0.25) is 11.8 Å². The number of rotatable bonds is 6. The summed E-state index contributed by atoms with van der Waals surface area (Å²) < 4.78 is 13.6. The van der Waals surface area contributed by atoms with E-state index in [0.717, 1.165) is 24.9 Å². The van der Waals surface area contributed by atoms with Gasteiger partial charge in [-0.1, -0.05) is 18.2 Å². The zero-order valence-corrected chi connectivity index (χ0v) is 15.2. The first-order chi connectivity index (χ1) is 13.1. The molecule has 1 atom stereocenters. The molecule has 2 aromatic rings. The number of para-hydroxylation sites is 1. The van der Waals surface area contributed by atoms with E-state index >= 15 is 0 Å². The summed E-state index contributed by atoms with van der Waals surface area (Å²) in [6.45, 7) is 1.43. The van der Waals surface area contributed by atoms with Gasteiger partial charge in [0.15, 0.2) is 0 Å². The lowest BCUT2D eigenvalue weighted by Gasteiger charge is -2.33. The molecule has 0 bridgehead atoms. The molecule has 6 heteroatoms. The summed E-state index contributed by atoms with van der Waals surface area (Å²) in [5, 5.41) is 2.62. The van der Waals surface area contributed by atoms with Crippen molar-refractivity contribution in [3.05, 3.63) is 60.2 Å². The number of nitrogens with one attached hydrogen (secondary N) is 1. The molecule has 0 unspecified atom stereocenters. The van der Waals surface area contributed by atoms with Crippen molar-refractivity contribution >= 4 is 17.5 Å². The molecule has 0 aliphatic carbocycles. The van der Waals surface area contributed by atoms with Crippen molar-refractivity contribution < 1.29 is 14.0 Å². The quantitative estimate of drug-likeness (QED) is 0.849. The Morgan fingerprint density at radius 2 is 2.07 bits per heavy atom. The fourth-order valence-electron chi connectivity index (χ4n) is 3.43. The highest BCUT2D eigenvalue weighted by Crippen LogP contribution is 2.22. The van der Waals surface area contributed by atoms with Crippen LogP contribution in [-0.2, 0) is 16.0 Å². The minimum atomic E-state index is -0.435. The van der Waals surface area contributed by atoms with Crippen LogP contribution in [0.2, 0.25) is 0 Å². The number of hydrogen-bond donors (Lipinski definition) is 1. The predicted molar refractivity (Wildman–Crippen MR) is 102 cm³/mol. The molecule has 1 aliphatic rings. The third-order valence-corrected chi connectivity index (χ3v) is 4.88. The summed E-state index contributed by atoms with van der Waals surface area (Å²) in [7, 11) is 0. The number of piperidine rings is 1. The largest absolute Gasteiger partial charge is 0.342 e. The molecule has 1 N–H and O–H groups in total. The van der Waals surface area contributed by atoms with E-state index in [2.05, 4.69) is 10.3 Å². The Kier molecular flexibility index (Phi) is 6.52.